The standard InChI is InChI=1S/C27H29N5O2S/c1-18-13-15-22(16-14-18)32-25(30-31-27(32)35-17-21-10-6-5-9-19(21)2)20(3)28-26(33)29-23-11-7-8-12-24(23)34-4/h5-16,20H,17H2,1-4H3,(H2,28,29,33). The highest BCUT2D eigenvalue weighted by molar-refractivity contribution is 7.98. The van der Waals surface area contributed by atoms with E-state index in [1.54, 1.807) is 31.0 Å². The van der Waals surface area contributed by atoms with Crippen LogP contribution in [0, 0.1) is 13.8 Å². The molecule has 0 aliphatic rings. The van der Waals surface area contributed by atoms with Gasteiger partial charge in [0, 0.05) is 11.4 Å². The Labute approximate surface area is 209 Å². The van der Waals surface area contributed by atoms with Crippen molar-refractivity contribution >= 4 is 23.5 Å². The molecule has 35 heavy (non-hydrogen) atoms. The molecular weight excluding hydrogens is 458 g/mol. The lowest BCUT2D eigenvalue weighted by Gasteiger charge is -2.17. The number of anilines is 1. The fraction of sp³-hybridized carbons (Fsp3) is 0.222. The van der Waals surface area contributed by atoms with Crippen molar-refractivity contribution in [3.05, 3.63) is 95.3 Å². The molecule has 0 aliphatic carbocycles. The van der Waals surface area contributed by atoms with Gasteiger partial charge in [-0.05, 0) is 56.2 Å². The van der Waals surface area contributed by atoms with E-state index in [2.05, 4.69) is 58.9 Å². The highest BCUT2D eigenvalue weighted by atomic mass is 32.2. The number of hydrogen-bond donors (Lipinski definition) is 2. The SMILES string of the molecule is COc1ccccc1NC(=O)NC(C)c1nnc(SCc2ccccc2C)n1-c1ccc(C)cc1. The molecule has 4 aromatic rings. The first-order chi connectivity index (χ1) is 17.0. The Kier molecular flexibility index (Phi) is 7.72. The van der Waals surface area contributed by atoms with Gasteiger partial charge in [-0.2, -0.15) is 0 Å². The molecule has 7 nitrogen and oxygen atoms in total. The lowest BCUT2D eigenvalue weighted by Crippen LogP contribution is -2.32. The second-order valence-corrected chi connectivity index (χ2v) is 9.19. The van der Waals surface area contributed by atoms with Gasteiger partial charge in [0.15, 0.2) is 11.0 Å². The van der Waals surface area contributed by atoms with Crippen LogP contribution in [0.5, 0.6) is 5.75 Å². The van der Waals surface area contributed by atoms with E-state index < -0.39 is 6.04 Å². The van der Waals surface area contributed by atoms with Gasteiger partial charge >= 0.3 is 6.03 Å². The van der Waals surface area contributed by atoms with Gasteiger partial charge in [0.1, 0.15) is 5.75 Å². The maximum Gasteiger partial charge on any atom is 0.319 e. The van der Waals surface area contributed by atoms with E-state index in [1.165, 1.54) is 16.7 Å². The zero-order chi connectivity index (χ0) is 24.8. The Morgan fingerprint density at radius 3 is 2.46 bits per heavy atom. The first-order valence-corrected chi connectivity index (χ1v) is 12.3. The molecule has 1 heterocycles. The summed E-state index contributed by atoms with van der Waals surface area (Å²) in [6, 6.07) is 23.1. The van der Waals surface area contributed by atoms with Crippen molar-refractivity contribution < 1.29 is 9.53 Å². The molecule has 8 heteroatoms. The van der Waals surface area contributed by atoms with E-state index in [1.807, 2.05) is 47.9 Å². The van der Waals surface area contributed by atoms with Crippen molar-refractivity contribution in [2.45, 2.75) is 37.7 Å². The van der Waals surface area contributed by atoms with Crippen molar-refractivity contribution in [3.8, 4) is 11.4 Å². The summed E-state index contributed by atoms with van der Waals surface area (Å²) < 4.78 is 7.34. The summed E-state index contributed by atoms with van der Waals surface area (Å²) in [7, 11) is 1.57. The summed E-state index contributed by atoms with van der Waals surface area (Å²) in [4.78, 5) is 12.8. The summed E-state index contributed by atoms with van der Waals surface area (Å²) in [5.41, 5.74) is 5.19. The van der Waals surface area contributed by atoms with Crippen LogP contribution >= 0.6 is 11.8 Å². The van der Waals surface area contributed by atoms with Crippen LogP contribution in [-0.2, 0) is 5.75 Å². The van der Waals surface area contributed by atoms with Gasteiger partial charge in [-0.15, -0.1) is 10.2 Å². The number of ether oxygens (including phenoxy) is 1. The summed E-state index contributed by atoms with van der Waals surface area (Å²) in [6.07, 6.45) is 0. The van der Waals surface area contributed by atoms with Gasteiger partial charge in [0.2, 0.25) is 0 Å². The number of methoxy groups -OCH3 is 1. The molecule has 4 rings (SSSR count). The number of thioether (sulfide) groups is 1. The zero-order valence-corrected chi connectivity index (χ0v) is 21.1. The van der Waals surface area contributed by atoms with Crippen molar-refractivity contribution in [2.24, 2.45) is 0 Å². The number of hydrogen-bond acceptors (Lipinski definition) is 5. The number of carbonyl (C=O) groups excluding carboxylic acids is 1. The number of para-hydroxylation sites is 2. The van der Waals surface area contributed by atoms with Crippen LogP contribution in [0.4, 0.5) is 10.5 Å². The zero-order valence-electron chi connectivity index (χ0n) is 20.3. The molecule has 3 aromatic carbocycles. The fourth-order valence-electron chi connectivity index (χ4n) is 3.67. The van der Waals surface area contributed by atoms with Gasteiger partial charge in [-0.1, -0.05) is 65.9 Å². The van der Waals surface area contributed by atoms with E-state index in [0.29, 0.717) is 17.3 Å². The highest BCUT2D eigenvalue weighted by Gasteiger charge is 2.21. The second kappa shape index (κ2) is 11.1. The van der Waals surface area contributed by atoms with Crippen LogP contribution in [0.3, 0.4) is 0 Å². The third-order valence-corrected chi connectivity index (χ3v) is 6.64. The monoisotopic (exact) mass is 487 g/mol. The third kappa shape index (κ3) is 5.84. The van der Waals surface area contributed by atoms with Gasteiger partial charge in [-0.25, -0.2) is 4.79 Å². The number of benzene rings is 3. The Morgan fingerprint density at radius 1 is 1.00 bits per heavy atom. The number of aryl methyl sites for hydroxylation is 2. The van der Waals surface area contributed by atoms with Crippen molar-refractivity contribution in [1.29, 1.82) is 0 Å². The van der Waals surface area contributed by atoms with Gasteiger partial charge < -0.3 is 15.4 Å². The molecule has 0 bridgehead atoms. The van der Waals surface area contributed by atoms with Crippen LogP contribution in [0.15, 0.2) is 78.0 Å². The van der Waals surface area contributed by atoms with Crippen LogP contribution < -0.4 is 15.4 Å². The molecule has 180 valence electrons. The van der Waals surface area contributed by atoms with E-state index in [0.717, 1.165) is 16.6 Å². The number of urea groups is 1. The largest absolute Gasteiger partial charge is 0.495 e. The molecule has 1 atom stereocenters. The normalized spacial score (nSPS) is 11.7. The Hall–Kier alpha value is -3.78. The molecule has 1 aromatic heterocycles. The summed E-state index contributed by atoms with van der Waals surface area (Å²) in [5, 5.41) is 15.5. The minimum Gasteiger partial charge on any atom is -0.495 e. The molecule has 2 N–H and O–H groups in total. The summed E-state index contributed by atoms with van der Waals surface area (Å²) >= 11 is 1.62. The van der Waals surface area contributed by atoms with E-state index in [4.69, 9.17) is 4.74 Å². The van der Waals surface area contributed by atoms with Crippen LogP contribution in [0.25, 0.3) is 5.69 Å². The molecule has 0 fully saturated rings. The van der Waals surface area contributed by atoms with E-state index in [9.17, 15) is 4.79 Å². The highest BCUT2D eigenvalue weighted by Crippen LogP contribution is 2.29. The average molecular weight is 488 g/mol. The average Bonchev–Trinajstić information content (AvgIpc) is 3.28. The predicted molar refractivity (Wildman–Crippen MR) is 140 cm³/mol. The number of rotatable bonds is 8. The van der Waals surface area contributed by atoms with Gasteiger partial charge in [-0.3, -0.25) is 4.57 Å². The van der Waals surface area contributed by atoms with Crippen LogP contribution in [-0.4, -0.2) is 27.9 Å². The smallest absolute Gasteiger partial charge is 0.319 e. The quantitative estimate of drug-likeness (QED) is 0.295. The topological polar surface area (TPSA) is 81.1 Å². The number of carbonyl (C=O) groups is 1. The minimum atomic E-state index is -0.397. The number of amides is 2. The lowest BCUT2D eigenvalue weighted by atomic mass is 10.1. The predicted octanol–water partition coefficient (Wildman–Crippen LogP) is 6.07. The molecule has 1 unspecified atom stereocenters. The van der Waals surface area contributed by atoms with Crippen LogP contribution in [0.1, 0.15) is 35.5 Å². The Bertz CT molecular complexity index is 1300. The lowest BCUT2D eigenvalue weighted by molar-refractivity contribution is 0.248. The molecule has 0 saturated carbocycles. The van der Waals surface area contributed by atoms with Crippen LogP contribution in [0.2, 0.25) is 0 Å². The number of nitrogens with one attached hydrogen (secondary N) is 2. The Balaban J connectivity index is 1.58. The summed E-state index contributed by atoms with van der Waals surface area (Å²) in [5.74, 6) is 2.01. The molecular formula is C27H29N5O2S. The molecule has 0 spiro atoms. The third-order valence-electron chi connectivity index (χ3n) is 5.66. The van der Waals surface area contributed by atoms with E-state index >= 15 is 0 Å². The summed E-state index contributed by atoms with van der Waals surface area (Å²) in [6.45, 7) is 6.06. The first-order valence-electron chi connectivity index (χ1n) is 11.4. The molecule has 0 saturated heterocycles. The van der Waals surface area contributed by atoms with Crippen molar-refractivity contribution in [2.75, 3.05) is 12.4 Å². The number of nitrogens with zero attached hydrogens (tertiary/aromatic N) is 3. The first kappa shape index (κ1) is 24.3. The maximum atomic E-state index is 12.8. The fourth-order valence-corrected chi connectivity index (χ4v) is 4.71. The van der Waals surface area contributed by atoms with Gasteiger partial charge in [0.25, 0.3) is 0 Å². The maximum absolute atomic E-state index is 12.8. The minimum absolute atomic E-state index is 0.352. The van der Waals surface area contributed by atoms with E-state index in [-0.39, 0.29) is 6.03 Å². The van der Waals surface area contributed by atoms with Crippen molar-refractivity contribution in [3.63, 3.8) is 0 Å². The molecule has 0 aliphatic heterocycles. The molecule has 2 amide bonds. The van der Waals surface area contributed by atoms with Crippen molar-refractivity contribution in [1.82, 2.24) is 20.1 Å². The Morgan fingerprint density at radius 2 is 1.71 bits per heavy atom. The van der Waals surface area contributed by atoms with Gasteiger partial charge in [0.05, 0.1) is 18.8 Å². The molecule has 0 radical (unpaired) electrons. The second-order valence-electron chi connectivity index (χ2n) is 8.25. The number of aromatic nitrogens is 3.